The first-order valence-corrected chi connectivity index (χ1v) is 6.67. The van der Waals surface area contributed by atoms with Crippen LogP contribution in [0.2, 0.25) is 0 Å². The number of hydrogen-bond donors (Lipinski definition) is 1. The lowest BCUT2D eigenvalue weighted by Crippen LogP contribution is -2.32. The summed E-state index contributed by atoms with van der Waals surface area (Å²) in [6.45, 7) is 5.26. The van der Waals surface area contributed by atoms with Crippen LogP contribution in [0.15, 0.2) is 0 Å². The molecule has 0 saturated carbocycles. The molecule has 1 aromatic heterocycles. The third-order valence-corrected chi connectivity index (χ3v) is 2.76. The summed E-state index contributed by atoms with van der Waals surface area (Å²) in [5.41, 5.74) is 0.637. The van der Waals surface area contributed by atoms with Gasteiger partial charge in [0.25, 0.3) is 0 Å². The Morgan fingerprint density at radius 1 is 1.20 bits per heavy atom. The lowest BCUT2D eigenvalue weighted by Gasteiger charge is -2.23. The number of aryl methyl sites for hydroxylation is 1. The first-order valence-electron chi connectivity index (χ1n) is 6.67. The standard InChI is InChI=1S/C13H21F3N4/c1-5-7-10-18-11(17-6-2)9(3)12(19-10)20(4)8-13(14,15)16/h5-8H2,1-4H3,(H,17,18,19). The van der Waals surface area contributed by atoms with Crippen molar-refractivity contribution in [3.05, 3.63) is 11.4 Å². The zero-order valence-electron chi connectivity index (χ0n) is 12.3. The molecular formula is C13H21F3N4. The molecule has 0 aliphatic heterocycles. The van der Waals surface area contributed by atoms with Crippen molar-refractivity contribution in [2.24, 2.45) is 0 Å². The number of aromatic nitrogens is 2. The fourth-order valence-corrected chi connectivity index (χ4v) is 1.94. The second-order valence-corrected chi connectivity index (χ2v) is 4.69. The molecule has 0 unspecified atom stereocenters. The van der Waals surface area contributed by atoms with Crippen LogP contribution in [0.3, 0.4) is 0 Å². The summed E-state index contributed by atoms with van der Waals surface area (Å²) in [7, 11) is 1.40. The summed E-state index contributed by atoms with van der Waals surface area (Å²) in [5.74, 6) is 1.50. The van der Waals surface area contributed by atoms with Gasteiger partial charge in [0, 0.05) is 25.6 Å². The molecule has 1 rings (SSSR count). The summed E-state index contributed by atoms with van der Waals surface area (Å²) in [5, 5.41) is 3.07. The Labute approximate surface area is 117 Å². The number of halogens is 3. The highest BCUT2D eigenvalue weighted by molar-refractivity contribution is 5.58. The van der Waals surface area contributed by atoms with Crippen LogP contribution in [0.5, 0.6) is 0 Å². The monoisotopic (exact) mass is 290 g/mol. The maximum Gasteiger partial charge on any atom is 0.405 e. The Morgan fingerprint density at radius 3 is 2.35 bits per heavy atom. The third-order valence-electron chi connectivity index (χ3n) is 2.76. The quantitative estimate of drug-likeness (QED) is 0.873. The zero-order valence-corrected chi connectivity index (χ0v) is 12.3. The van der Waals surface area contributed by atoms with Crippen LogP contribution in [-0.2, 0) is 6.42 Å². The molecule has 1 heterocycles. The number of hydrogen-bond acceptors (Lipinski definition) is 4. The van der Waals surface area contributed by atoms with Crippen molar-refractivity contribution >= 4 is 11.6 Å². The van der Waals surface area contributed by atoms with Gasteiger partial charge in [-0.3, -0.25) is 0 Å². The number of anilines is 2. The van der Waals surface area contributed by atoms with E-state index < -0.39 is 12.7 Å². The second-order valence-electron chi connectivity index (χ2n) is 4.69. The SMILES string of the molecule is CCCc1nc(NCC)c(C)c(N(C)CC(F)(F)F)n1. The van der Waals surface area contributed by atoms with E-state index in [1.54, 1.807) is 6.92 Å². The molecule has 1 aromatic rings. The Morgan fingerprint density at radius 2 is 1.85 bits per heavy atom. The lowest BCUT2D eigenvalue weighted by molar-refractivity contribution is -0.119. The molecule has 0 spiro atoms. The van der Waals surface area contributed by atoms with E-state index in [0.29, 0.717) is 36.0 Å². The first-order chi connectivity index (χ1) is 9.28. The van der Waals surface area contributed by atoms with E-state index in [4.69, 9.17) is 0 Å². The van der Waals surface area contributed by atoms with Crippen molar-refractivity contribution in [2.45, 2.75) is 39.8 Å². The highest BCUT2D eigenvalue weighted by Gasteiger charge is 2.30. The molecule has 1 N–H and O–H groups in total. The fourth-order valence-electron chi connectivity index (χ4n) is 1.94. The maximum atomic E-state index is 12.5. The summed E-state index contributed by atoms with van der Waals surface area (Å²) < 4.78 is 37.6. The zero-order chi connectivity index (χ0) is 15.3. The molecule has 20 heavy (non-hydrogen) atoms. The van der Waals surface area contributed by atoms with E-state index in [1.165, 1.54) is 7.05 Å². The minimum atomic E-state index is -4.25. The lowest BCUT2D eigenvalue weighted by atomic mass is 10.2. The van der Waals surface area contributed by atoms with Gasteiger partial charge >= 0.3 is 6.18 Å². The van der Waals surface area contributed by atoms with Crippen molar-refractivity contribution in [3.63, 3.8) is 0 Å². The molecule has 0 bridgehead atoms. The van der Waals surface area contributed by atoms with E-state index in [1.807, 2.05) is 13.8 Å². The molecular weight excluding hydrogens is 269 g/mol. The van der Waals surface area contributed by atoms with Crippen LogP contribution in [0.4, 0.5) is 24.8 Å². The van der Waals surface area contributed by atoms with Gasteiger partial charge in [0.15, 0.2) is 0 Å². The largest absolute Gasteiger partial charge is 0.405 e. The molecule has 0 amide bonds. The molecule has 0 radical (unpaired) electrons. The fraction of sp³-hybridized carbons (Fsp3) is 0.692. The number of alkyl halides is 3. The van der Waals surface area contributed by atoms with Crippen LogP contribution < -0.4 is 10.2 Å². The Kier molecular flexibility index (Phi) is 5.59. The minimum absolute atomic E-state index is 0.330. The smallest absolute Gasteiger partial charge is 0.370 e. The van der Waals surface area contributed by atoms with Gasteiger partial charge < -0.3 is 10.2 Å². The Bertz CT molecular complexity index is 446. The molecule has 7 heteroatoms. The molecule has 4 nitrogen and oxygen atoms in total. The van der Waals surface area contributed by atoms with Gasteiger partial charge in [-0.05, 0) is 20.3 Å². The van der Waals surface area contributed by atoms with E-state index in [-0.39, 0.29) is 0 Å². The predicted molar refractivity (Wildman–Crippen MR) is 74.3 cm³/mol. The normalized spacial score (nSPS) is 11.6. The van der Waals surface area contributed by atoms with Crippen LogP contribution >= 0.6 is 0 Å². The van der Waals surface area contributed by atoms with E-state index >= 15 is 0 Å². The van der Waals surface area contributed by atoms with Crippen molar-refractivity contribution < 1.29 is 13.2 Å². The highest BCUT2D eigenvalue weighted by Crippen LogP contribution is 2.26. The Hall–Kier alpha value is -1.53. The van der Waals surface area contributed by atoms with E-state index in [2.05, 4.69) is 15.3 Å². The second kappa shape index (κ2) is 6.76. The van der Waals surface area contributed by atoms with E-state index in [0.717, 1.165) is 11.3 Å². The predicted octanol–water partition coefficient (Wildman–Crippen LogP) is 3.17. The molecule has 0 aromatic carbocycles. The van der Waals surface area contributed by atoms with Crippen molar-refractivity contribution in [1.29, 1.82) is 0 Å². The first kappa shape index (κ1) is 16.5. The Balaban J connectivity index is 3.15. The number of rotatable bonds is 6. The van der Waals surface area contributed by atoms with Gasteiger partial charge in [-0.15, -0.1) is 0 Å². The van der Waals surface area contributed by atoms with Crippen LogP contribution in [-0.4, -0.2) is 36.3 Å². The molecule has 0 atom stereocenters. The van der Waals surface area contributed by atoms with Gasteiger partial charge in [-0.1, -0.05) is 6.92 Å². The van der Waals surface area contributed by atoms with Gasteiger partial charge in [0.05, 0.1) is 0 Å². The molecule has 0 saturated heterocycles. The van der Waals surface area contributed by atoms with E-state index in [9.17, 15) is 13.2 Å². The van der Waals surface area contributed by atoms with Crippen molar-refractivity contribution in [2.75, 3.05) is 30.4 Å². The van der Waals surface area contributed by atoms with Gasteiger partial charge in [0.1, 0.15) is 24.0 Å². The third kappa shape index (κ3) is 4.54. The minimum Gasteiger partial charge on any atom is -0.370 e. The summed E-state index contributed by atoms with van der Waals surface area (Å²) in [4.78, 5) is 9.75. The van der Waals surface area contributed by atoms with Gasteiger partial charge in [0.2, 0.25) is 0 Å². The van der Waals surface area contributed by atoms with Gasteiger partial charge in [-0.25, -0.2) is 9.97 Å². The van der Waals surface area contributed by atoms with Crippen LogP contribution in [0.1, 0.15) is 31.7 Å². The van der Waals surface area contributed by atoms with Crippen molar-refractivity contribution in [1.82, 2.24) is 9.97 Å². The average molecular weight is 290 g/mol. The molecule has 0 fully saturated rings. The topological polar surface area (TPSA) is 41.1 Å². The average Bonchev–Trinajstić information content (AvgIpc) is 2.31. The molecule has 114 valence electrons. The number of nitrogens with one attached hydrogen (secondary N) is 1. The van der Waals surface area contributed by atoms with Crippen LogP contribution in [0, 0.1) is 6.92 Å². The van der Waals surface area contributed by atoms with Crippen molar-refractivity contribution in [3.8, 4) is 0 Å². The number of nitrogens with zero attached hydrogens (tertiary/aromatic N) is 3. The summed E-state index contributed by atoms with van der Waals surface area (Å²) in [6, 6.07) is 0. The maximum absolute atomic E-state index is 12.5. The van der Waals surface area contributed by atoms with Crippen LogP contribution in [0.25, 0.3) is 0 Å². The highest BCUT2D eigenvalue weighted by atomic mass is 19.4. The molecule has 0 aliphatic carbocycles. The molecule has 0 aliphatic rings. The summed E-state index contributed by atoms with van der Waals surface area (Å²) >= 11 is 0. The van der Waals surface area contributed by atoms with Gasteiger partial charge in [-0.2, -0.15) is 13.2 Å². The summed E-state index contributed by atoms with van der Waals surface area (Å²) in [6.07, 6.45) is -2.77.